The minimum atomic E-state index is -0.730. The number of nitrogens with one attached hydrogen (secondary N) is 1. The number of hydrogen-bond acceptors (Lipinski definition) is 7. The number of aromatic amines is 1. The Bertz CT molecular complexity index is 801. The van der Waals surface area contributed by atoms with Gasteiger partial charge >= 0.3 is 17.6 Å². The largest absolute Gasteiger partial charge is 0.463 e. The highest BCUT2D eigenvalue weighted by Crippen LogP contribution is 2.30. The maximum atomic E-state index is 12.2. The van der Waals surface area contributed by atoms with E-state index in [0.717, 1.165) is 38.5 Å². The summed E-state index contributed by atoms with van der Waals surface area (Å²) in [6.45, 7) is 4.04. The number of hydrogen-bond donors (Lipinski definition) is 1. The Kier molecular flexibility index (Phi) is 9.79. The minimum Gasteiger partial charge on any atom is -0.463 e. The van der Waals surface area contributed by atoms with Gasteiger partial charge in [0.05, 0.1) is 0 Å². The number of esters is 2. The first kappa shape index (κ1) is 23.9. The van der Waals surface area contributed by atoms with Gasteiger partial charge in [-0.25, -0.2) is 4.79 Å². The fraction of sp³-hybridized carbons (Fsp3) is 0.714. The van der Waals surface area contributed by atoms with Gasteiger partial charge in [-0.05, 0) is 12.8 Å². The van der Waals surface area contributed by atoms with Crippen LogP contribution in [-0.4, -0.2) is 40.3 Å². The van der Waals surface area contributed by atoms with Crippen LogP contribution in [0.5, 0.6) is 0 Å². The van der Waals surface area contributed by atoms with Gasteiger partial charge in [0.1, 0.15) is 25.0 Å². The Morgan fingerprint density at radius 2 is 1.77 bits per heavy atom. The van der Waals surface area contributed by atoms with Gasteiger partial charge in [0.2, 0.25) is 0 Å². The van der Waals surface area contributed by atoms with Crippen molar-refractivity contribution in [3.05, 3.63) is 33.1 Å². The van der Waals surface area contributed by atoms with Crippen LogP contribution in [0.15, 0.2) is 21.9 Å². The standard InChI is InChI=1S/C21H32N2O7/c1-3-5-7-9-19(25)28-14-16-15(30-20(26)10-8-6-4-2)13-18(29-16)23-12-11-17(24)22-21(23)27/h11-12,15-16,18H,3-10,13-14H2,1-2H3,(H,22,24,27)/t15?,16-,18-/m0/s1. The van der Waals surface area contributed by atoms with Crippen LogP contribution in [0.25, 0.3) is 0 Å². The first-order valence-corrected chi connectivity index (χ1v) is 10.8. The molecule has 1 fully saturated rings. The Hall–Kier alpha value is -2.42. The van der Waals surface area contributed by atoms with Gasteiger partial charge in [-0.2, -0.15) is 0 Å². The number of carbonyl (C=O) groups is 2. The van der Waals surface area contributed by atoms with Crippen LogP contribution in [-0.2, 0) is 23.8 Å². The predicted molar refractivity (Wildman–Crippen MR) is 109 cm³/mol. The van der Waals surface area contributed by atoms with Crippen molar-refractivity contribution in [3.63, 3.8) is 0 Å². The topological polar surface area (TPSA) is 117 Å². The number of carbonyl (C=O) groups excluding carboxylic acids is 2. The summed E-state index contributed by atoms with van der Waals surface area (Å²) >= 11 is 0. The highest BCUT2D eigenvalue weighted by atomic mass is 16.6. The van der Waals surface area contributed by atoms with Crippen molar-refractivity contribution in [2.75, 3.05) is 6.61 Å². The average Bonchev–Trinajstić information content (AvgIpc) is 3.09. The summed E-state index contributed by atoms with van der Waals surface area (Å²) in [5.41, 5.74) is -1.12. The lowest BCUT2D eigenvalue weighted by Gasteiger charge is -2.19. The summed E-state index contributed by atoms with van der Waals surface area (Å²) in [6.07, 6.45) is 5.51. The van der Waals surface area contributed by atoms with Gasteiger partial charge in [-0.15, -0.1) is 0 Å². The molecular formula is C21H32N2O7. The summed E-state index contributed by atoms with van der Waals surface area (Å²) in [6, 6.07) is 1.22. The van der Waals surface area contributed by atoms with Crippen molar-refractivity contribution in [2.45, 2.75) is 90.1 Å². The van der Waals surface area contributed by atoms with E-state index < -0.39 is 29.7 Å². The van der Waals surface area contributed by atoms with E-state index in [4.69, 9.17) is 14.2 Å². The van der Waals surface area contributed by atoms with E-state index in [9.17, 15) is 19.2 Å². The molecule has 1 aromatic rings. The van der Waals surface area contributed by atoms with Gasteiger partial charge in [-0.1, -0.05) is 39.5 Å². The highest BCUT2D eigenvalue weighted by Gasteiger charge is 2.40. The van der Waals surface area contributed by atoms with Crippen LogP contribution in [0.3, 0.4) is 0 Å². The fourth-order valence-electron chi connectivity index (χ4n) is 3.31. The maximum Gasteiger partial charge on any atom is 0.330 e. The van der Waals surface area contributed by atoms with E-state index in [1.54, 1.807) is 0 Å². The zero-order chi connectivity index (χ0) is 21.9. The second-order valence-corrected chi connectivity index (χ2v) is 7.51. The third-order valence-corrected chi connectivity index (χ3v) is 5.00. The molecule has 0 spiro atoms. The van der Waals surface area contributed by atoms with Crippen molar-refractivity contribution in [3.8, 4) is 0 Å². The van der Waals surface area contributed by atoms with Crippen LogP contribution in [0.2, 0.25) is 0 Å². The molecule has 1 unspecified atom stereocenters. The molecule has 2 rings (SSSR count). The van der Waals surface area contributed by atoms with Gasteiger partial charge in [0.15, 0.2) is 0 Å². The molecule has 0 aromatic carbocycles. The quantitative estimate of drug-likeness (QED) is 0.404. The summed E-state index contributed by atoms with van der Waals surface area (Å²) in [4.78, 5) is 49.7. The van der Waals surface area contributed by atoms with Gasteiger partial charge < -0.3 is 14.2 Å². The predicted octanol–water partition coefficient (Wildman–Crippen LogP) is 2.44. The molecule has 30 heavy (non-hydrogen) atoms. The third kappa shape index (κ3) is 7.44. The molecule has 0 bridgehead atoms. The van der Waals surface area contributed by atoms with Gasteiger partial charge in [-0.3, -0.25) is 23.9 Å². The third-order valence-electron chi connectivity index (χ3n) is 5.00. The summed E-state index contributed by atoms with van der Waals surface area (Å²) in [5, 5.41) is 0. The molecule has 1 saturated heterocycles. The lowest BCUT2D eigenvalue weighted by Crippen LogP contribution is -2.32. The second kappa shape index (κ2) is 12.3. The van der Waals surface area contributed by atoms with E-state index in [-0.39, 0.29) is 25.0 Å². The second-order valence-electron chi connectivity index (χ2n) is 7.51. The van der Waals surface area contributed by atoms with E-state index in [0.29, 0.717) is 12.8 Å². The molecule has 1 N–H and O–H groups in total. The van der Waals surface area contributed by atoms with Crippen LogP contribution < -0.4 is 11.2 Å². The zero-order valence-electron chi connectivity index (χ0n) is 17.8. The molecule has 3 atom stereocenters. The minimum absolute atomic E-state index is 0.0630. The Morgan fingerprint density at radius 3 is 2.40 bits per heavy atom. The average molecular weight is 424 g/mol. The number of rotatable bonds is 12. The first-order valence-electron chi connectivity index (χ1n) is 10.8. The van der Waals surface area contributed by atoms with Crippen molar-refractivity contribution in [1.29, 1.82) is 0 Å². The molecule has 0 amide bonds. The smallest absolute Gasteiger partial charge is 0.330 e. The Labute approximate surface area is 175 Å². The Morgan fingerprint density at radius 1 is 1.10 bits per heavy atom. The number of aromatic nitrogens is 2. The summed E-state index contributed by atoms with van der Waals surface area (Å²) < 4.78 is 18.0. The van der Waals surface area contributed by atoms with Crippen LogP contribution in [0, 0.1) is 0 Å². The van der Waals surface area contributed by atoms with Crippen molar-refractivity contribution >= 4 is 11.9 Å². The molecular weight excluding hydrogens is 392 g/mol. The molecule has 0 saturated carbocycles. The highest BCUT2D eigenvalue weighted by molar-refractivity contribution is 5.70. The lowest BCUT2D eigenvalue weighted by atomic mass is 10.1. The number of ether oxygens (including phenoxy) is 3. The molecule has 1 aliphatic rings. The number of unbranched alkanes of at least 4 members (excludes halogenated alkanes) is 4. The zero-order valence-corrected chi connectivity index (χ0v) is 17.8. The van der Waals surface area contributed by atoms with E-state index in [1.807, 2.05) is 6.92 Å². The normalized spacial score (nSPS) is 20.8. The number of nitrogens with zero attached hydrogens (tertiary/aromatic N) is 1. The summed E-state index contributed by atoms with van der Waals surface area (Å²) in [7, 11) is 0. The molecule has 1 aromatic heterocycles. The van der Waals surface area contributed by atoms with E-state index in [1.165, 1.54) is 16.8 Å². The van der Waals surface area contributed by atoms with Gasteiger partial charge in [0.25, 0.3) is 5.56 Å². The van der Waals surface area contributed by atoms with Crippen molar-refractivity contribution in [2.24, 2.45) is 0 Å². The maximum absolute atomic E-state index is 12.2. The lowest BCUT2D eigenvalue weighted by molar-refractivity contribution is -0.158. The van der Waals surface area contributed by atoms with Crippen LogP contribution in [0.4, 0.5) is 0 Å². The molecule has 0 aliphatic carbocycles. The molecule has 1 aliphatic heterocycles. The van der Waals surface area contributed by atoms with Gasteiger partial charge in [0, 0.05) is 31.5 Å². The van der Waals surface area contributed by atoms with Crippen LogP contribution in [0.1, 0.15) is 77.9 Å². The molecule has 2 heterocycles. The SMILES string of the molecule is CCCCCC(=O)OC[C@@H]1O[C@H](n2ccc(=O)[nH]c2=O)CC1OC(=O)CCCCC. The Balaban J connectivity index is 2.01. The summed E-state index contributed by atoms with van der Waals surface area (Å²) in [5.74, 6) is -0.671. The molecule has 9 heteroatoms. The van der Waals surface area contributed by atoms with Crippen LogP contribution >= 0.6 is 0 Å². The van der Waals surface area contributed by atoms with Crippen molar-refractivity contribution in [1.82, 2.24) is 9.55 Å². The number of H-pyrrole nitrogens is 1. The van der Waals surface area contributed by atoms with E-state index in [2.05, 4.69) is 11.9 Å². The van der Waals surface area contributed by atoms with Crippen molar-refractivity contribution < 1.29 is 23.8 Å². The molecule has 168 valence electrons. The fourth-order valence-corrected chi connectivity index (χ4v) is 3.31. The van der Waals surface area contributed by atoms with E-state index >= 15 is 0 Å². The molecule has 0 radical (unpaired) electrons. The molecule has 9 nitrogen and oxygen atoms in total. The first-order chi connectivity index (χ1) is 14.4. The monoisotopic (exact) mass is 424 g/mol.